The van der Waals surface area contributed by atoms with Gasteiger partial charge in [0.15, 0.2) is 0 Å². The van der Waals surface area contributed by atoms with Crippen LogP contribution in [0, 0.1) is 5.92 Å². The van der Waals surface area contributed by atoms with Crippen molar-refractivity contribution in [3.8, 4) is 0 Å². The van der Waals surface area contributed by atoms with Gasteiger partial charge in [-0.3, -0.25) is 0 Å². The lowest BCUT2D eigenvalue weighted by Gasteiger charge is -2.32. The van der Waals surface area contributed by atoms with Crippen LogP contribution in [-0.4, -0.2) is 36.5 Å². The summed E-state index contributed by atoms with van der Waals surface area (Å²) in [4.78, 5) is 10.4. The smallest absolute Gasteiger partial charge is 0.329 e. The molecule has 0 heterocycles. The van der Waals surface area contributed by atoms with E-state index in [1.807, 2.05) is 0 Å². The average molecular weight is 274 g/mol. The Balaban J connectivity index is 4.06. The van der Waals surface area contributed by atoms with Gasteiger partial charge in [0.2, 0.25) is 0 Å². The summed E-state index contributed by atoms with van der Waals surface area (Å²) < 4.78 is 11.2. The van der Waals surface area contributed by atoms with Gasteiger partial charge in [-0.2, -0.15) is 0 Å². The molecule has 0 aliphatic rings. The van der Waals surface area contributed by atoms with Crippen LogP contribution in [0.15, 0.2) is 0 Å². The Hall–Kier alpha value is -0.610. The van der Waals surface area contributed by atoms with E-state index < -0.39 is 5.97 Å². The highest BCUT2D eigenvalue weighted by Gasteiger charge is 2.26. The number of hydrogen-bond acceptors (Lipinski definition) is 3. The zero-order chi connectivity index (χ0) is 14.7. The van der Waals surface area contributed by atoms with E-state index in [9.17, 15) is 4.79 Å². The molecule has 0 aromatic rings. The first-order valence-electron chi connectivity index (χ1n) is 7.43. The lowest BCUT2D eigenvalue weighted by Crippen LogP contribution is -2.33. The van der Waals surface area contributed by atoms with Crippen molar-refractivity contribution >= 4 is 5.97 Å². The third-order valence-electron chi connectivity index (χ3n) is 3.93. The molecule has 1 N–H and O–H groups in total. The van der Waals surface area contributed by atoms with Crippen LogP contribution in [0.5, 0.6) is 0 Å². The van der Waals surface area contributed by atoms with Crippen molar-refractivity contribution in [3.05, 3.63) is 0 Å². The minimum atomic E-state index is -0.920. The molecule has 19 heavy (non-hydrogen) atoms. The molecule has 114 valence electrons. The van der Waals surface area contributed by atoms with Crippen molar-refractivity contribution in [1.82, 2.24) is 0 Å². The number of aliphatic carboxylic acids is 1. The summed E-state index contributed by atoms with van der Waals surface area (Å²) in [5, 5.41) is 8.53. The highest BCUT2D eigenvalue weighted by molar-refractivity contribution is 5.67. The van der Waals surface area contributed by atoms with Gasteiger partial charge in [0, 0.05) is 6.61 Å². The van der Waals surface area contributed by atoms with Gasteiger partial charge in [-0.25, -0.2) is 4.79 Å². The van der Waals surface area contributed by atoms with Crippen LogP contribution in [0.4, 0.5) is 0 Å². The average Bonchev–Trinajstić information content (AvgIpc) is 2.41. The first-order chi connectivity index (χ1) is 8.99. The SMILES string of the molecule is CCC(C)CCOC(CC)(CC)CCOCC(=O)O. The molecular weight excluding hydrogens is 244 g/mol. The van der Waals surface area contributed by atoms with E-state index in [1.165, 1.54) is 6.42 Å². The van der Waals surface area contributed by atoms with Gasteiger partial charge >= 0.3 is 5.97 Å². The van der Waals surface area contributed by atoms with E-state index in [-0.39, 0.29) is 12.2 Å². The molecule has 0 aromatic carbocycles. The van der Waals surface area contributed by atoms with Crippen molar-refractivity contribution in [1.29, 1.82) is 0 Å². The van der Waals surface area contributed by atoms with Crippen molar-refractivity contribution in [2.75, 3.05) is 19.8 Å². The second-order valence-corrected chi connectivity index (χ2v) is 5.24. The van der Waals surface area contributed by atoms with Crippen LogP contribution in [0.3, 0.4) is 0 Å². The van der Waals surface area contributed by atoms with Gasteiger partial charge in [-0.1, -0.05) is 34.1 Å². The summed E-state index contributed by atoms with van der Waals surface area (Å²) in [6, 6.07) is 0. The van der Waals surface area contributed by atoms with Gasteiger partial charge in [0.25, 0.3) is 0 Å². The first-order valence-corrected chi connectivity index (χ1v) is 7.43. The molecule has 1 atom stereocenters. The predicted octanol–water partition coefficient (Wildman–Crippen LogP) is 3.49. The second kappa shape index (κ2) is 10.2. The van der Waals surface area contributed by atoms with Crippen molar-refractivity contribution in [3.63, 3.8) is 0 Å². The van der Waals surface area contributed by atoms with Gasteiger partial charge in [0.05, 0.1) is 12.2 Å². The summed E-state index contributed by atoms with van der Waals surface area (Å²) in [5.41, 5.74) is -0.161. The molecule has 0 aromatic heterocycles. The monoisotopic (exact) mass is 274 g/mol. The lowest BCUT2D eigenvalue weighted by molar-refractivity contribution is -0.143. The van der Waals surface area contributed by atoms with E-state index in [0.29, 0.717) is 12.5 Å². The van der Waals surface area contributed by atoms with Gasteiger partial charge < -0.3 is 14.6 Å². The lowest BCUT2D eigenvalue weighted by atomic mass is 9.93. The third kappa shape index (κ3) is 8.22. The molecule has 0 radical (unpaired) electrons. The number of ether oxygens (including phenoxy) is 2. The Morgan fingerprint density at radius 3 is 2.32 bits per heavy atom. The Labute approximate surface area is 117 Å². The molecule has 0 spiro atoms. The molecule has 0 bridgehead atoms. The highest BCUT2D eigenvalue weighted by Crippen LogP contribution is 2.25. The number of carbonyl (C=O) groups is 1. The Kier molecular flexibility index (Phi) is 9.88. The fourth-order valence-corrected chi connectivity index (χ4v) is 1.98. The fourth-order valence-electron chi connectivity index (χ4n) is 1.98. The Morgan fingerprint density at radius 1 is 1.21 bits per heavy atom. The van der Waals surface area contributed by atoms with Crippen LogP contribution in [-0.2, 0) is 14.3 Å². The van der Waals surface area contributed by atoms with Crippen molar-refractivity contribution < 1.29 is 19.4 Å². The molecule has 0 saturated carbocycles. The molecule has 0 amide bonds. The van der Waals surface area contributed by atoms with Crippen molar-refractivity contribution in [2.24, 2.45) is 5.92 Å². The third-order valence-corrected chi connectivity index (χ3v) is 3.93. The first kappa shape index (κ1) is 18.4. The van der Waals surface area contributed by atoms with E-state index in [2.05, 4.69) is 27.7 Å². The summed E-state index contributed by atoms with van der Waals surface area (Å²) in [5.74, 6) is -0.231. The number of carboxylic acids is 1. The minimum Gasteiger partial charge on any atom is -0.480 e. The number of carboxylic acid groups (broad SMARTS) is 1. The predicted molar refractivity (Wildman–Crippen MR) is 76.4 cm³/mol. The molecule has 0 aliphatic carbocycles. The van der Waals surface area contributed by atoms with E-state index in [0.717, 1.165) is 32.3 Å². The largest absolute Gasteiger partial charge is 0.480 e. The molecular formula is C15H30O4. The van der Waals surface area contributed by atoms with Gasteiger partial charge in [-0.15, -0.1) is 0 Å². The van der Waals surface area contributed by atoms with Crippen LogP contribution >= 0.6 is 0 Å². The maximum atomic E-state index is 10.4. The highest BCUT2D eigenvalue weighted by atomic mass is 16.5. The summed E-state index contributed by atoms with van der Waals surface area (Å²) in [6.45, 7) is 9.65. The Morgan fingerprint density at radius 2 is 1.84 bits per heavy atom. The molecule has 0 fully saturated rings. The topological polar surface area (TPSA) is 55.8 Å². The van der Waals surface area contributed by atoms with E-state index in [1.54, 1.807) is 0 Å². The normalized spacial score (nSPS) is 13.5. The molecule has 0 aliphatic heterocycles. The zero-order valence-electron chi connectivity index (χ0n) is 12.9. The van der Waals surface area contributed by atoms with Crippen LogP contribution in [0.1, 0.15) is 59.8 Å². The van der Waals surface area contributed by atoms with E-state index in [4.69, 9.17) is 14.6 Å². The standard InChI is InChI=1S/C15H30O4/c1-5-13(4)8-10-19-15(6-2,7-3)9-11-18-12-14(16)17/h13H,5-12H2,1-4H3,(H,16,17). The summed E-state index contributed by atoms with van der Waals surface area (Å²) in [6.07, 6.45) is 4.87. The second-order valence-electron chi connectivity index (χ2n) is 5.24. The van der Waals surface area contributed by atoms with Gasteiger partial charge in [0.1, 0.15) is 6.61 Å². The summed E-state index contributed by atoms with van der Waals surface area (Å²) >= 11 is 0. The maximum absolute atomic E-state index is 10.4. The zero-order valence-corrected chi connectivity index (χ0v) is 12.9. The minimum absolute atomic E-state index is 0.161. The van der Waals surface area contributed by atoms with Crippen LogP contribution in [0.25, 0.3) is 0 Å². The quantitative estimate of drug-likeness (QED) is 0.553. The molecule has 1 unspecified atom stereocenters. The molecule has 0 rings (SSSR count). The van der Waals surface area contributed by atoms with Crippen molar-refractivity contribution in [2.45, 2.75) is 65.4 Å². The van der Waals surface area contributed by atoms with Crippen LogP contribution in [0.2, 0.25) is 0 Å². The Bertz CT molecular complexity index is 236. The van der Waals surface area contributed by atoms with Crippen LogP contribution < -0.4 is 0 Å². The molecule has 4 heteroatoms. The maximum Gasteiger partial charge on any atom is 0.329 e. The van der Waals surface area contributed by atoms with E-state index >= 15 is 0 Å². The molecule has 4 nitrogen and oxygen atoms in total. The number of hydrogen-bond donors (Lipinski definition) is 1. The molecule has 0 saturated heterocycles. The number of rotatable bonds is 12. The fraction of sp³-hybridized carbons (Fsp3) is 0.933. The van der Waals surface area contributed by atoms with Gasteiger partial charge in [-0.05, 0) is 31.6 Å². The summed E-state index contributed by atoms with van der Waals surface area (Å²) in [7, 11) is 0.